The summed E-state index contributed by atoms with van der Waals surface area (Å²) in [6.45, 7) is -1.88. The lowest BCUT2D eigenvalue weighted by atomic mass is 9.87. The van der Waals surface area contributed by atoms with Crippen molar-refractivity contribution in [1.29, 1.82) is 0 Å². The lowest BCUT2D eigenvalue weighted by Gasteiger charge is -2.32. The highest BCUT2D eigenvalue weighted by Crippen LogP contribution is 2.37. The Morgan fingerprint density at radius 3 is 2.75 bits per heavy atom. The first-order valence-electron chi connectivity index (χ1n) is 11.2. The number of fused-ring (bicyclic) bond motifs is 1. The molecule has 1 aliphatic heterocycles. The van der Waals surface area contributed by atoms with Crippen LogP contribution in [0.2, 0.25) is 0 Å². The van der Waals surface area contributed by atoms with Gasteiger partial charge in [0.05, 0.1) is 31.1 Å². The van der Waals surface area contributed by atoms with Gasteiger partial charge in [-0.15, -0.1) is 0 Å². The van der Waals surface area contributed by atoms with E-state index in [4.69, 9.17) is 14.3 Å². The summed E-state index contributed by atoms with van der Waals surface area (Å²) in [5, 5.41) is 9.26. The third kappa shape index (κ3) is 6.56. The number of rotatable bonds is 9. The quantitative estimate of drug-likeness (QED) is 0.431. The molecule has 0 spiro atoms. The first-order chi connectivity index (χ1) is 17.3. The van der Waals surface area contributed by atoms with Crippen LogP contribution in [0.1, 0.15) is 21.6 Å². The van der Waals surface area contributed by atoms with Gasteiger partial charge in [-0.3, -0.25) is 19.6 Å². The number of benzene rings is 1. The van der Waals surface area contributed by atoms with Crippen LogP contribution in [0.5, 0.6) is 5.75 Å². The van der Waals surface area contributed by atoms with Crippen molar-refractivity contribution in [2.75, 3.05) is 19.8 Å². The topological polar surface area (TPSA) is 103 Å². The fourth-order valence-electron chi connectivity index (χ4n) is 3.86. The largest absolute Gasteiger partial charge is 0.493 e. The standard InChI is InChI=1S/C25H24F3N3O5/c26-25(27,28)15-34-14-23(36-31-24(33)17-3-2-8-29-10-17)18-9-21-20(4-1-5-22(21)35-13-18)16-6-7-19(12-32)30-11-16/h1-8,10-11,18,23,32H,9,12-15H2,(H,31,33)/t18-,23?/m0/s1. The number of ether oxygens (including phenoxy) is 2. The predicted molar refractivity (Wildman–Crippen MR) is 122 cm³/mol. The number of halogens is 3. The minimum Gasteiger partial charge on any atom is -0.493 e. The molecule has 11 heteroatoms. The first-order valence-corrected chi connectivity index (χ1v) is 11.2. The minimum atomic E-state index is -4.50. The van der Waals surface area contributed by atoms with E-state index in [-0.39, 0.29) is 18.8 Å². The molecule has 2 N–H and O–H groups in total. The zero-order valence-electron chi connectivity index (χ0n) is 19.1. The summed E-state index contributed by atoms with van der Waals surface area (Å²) in [4.78, 5) is 26.1. The predicted octanol–water partition coefficient (Wildman–Crippen LogP) is 3.50. The normalized spacial score (nSPS) is 16.1. The minimum absolute atomic E-state index is 0.154. The Labute approximate surface area is 205 Å². The molecule has 4 rings (SSSR count). The number of hydrogen-bond donors (Lipinski definition) is 2. The van der Waals surface area contributed by atoms with Crippen molar-refractivity contribution < 1.29 is 37.4 Å². The molecular weight excluding hydrogens is 479 g/mol. The highest BCUT2D eigenvalue weighted by atomic mass is 19.4. The summed E-state index contributed by atoms with van der Waals surface area (Å²) in [6, 6.07) is 12.2. The molecule has 36 heavy (non-hydrogen) atoms. The second-order valence-corrected chi connectivity index (χ2v) is 8.21. The van der Waals surface area contributed by atoms with E-state index < -0.39 is 37.3 Å². The van der Waals surface area contributed by atoms with E-state index >= 15 is 0 Å². The Morgan fingerprint density at radius 1 is 1.19 bits per heavy atom. The molecule has 8 nitrogen and oxygen atoms in total. The van der Waals surface area contributed by atoms with Gasteiger partial charge < -0.3 is 14.6 Å². The summed E-state index contributed by atoms with van der Waals surface area (Å²) >= 11 is 0. The Morgan fingerprint density at radius 2 is 2.06 bits per heavy atom. The number of nitrogens with zero attached hydrogens (tertiary/aromatic N) is 2. The second kappa shape index (κ2) is 11.5. The van der Waals surface area contributed by atoms with Gasteiger partial charge in [0.2, 0.25) is 0 Å². The number of carbonyl (C=O) groups excluding carboxylic acids is 1. The van der Waals surface area contributed by atoms with Crippen LogP contribution in [0, 0.1) is 5.92 Å². The number of carbonyl (C=O) groups is 1. The maximum Gasteiger partial charge on any atom is 0.411 e. The third-order valence-corrected chi connectivity index (χ3v) is 5.65. The Balaban J connectivity index is 1.52. The van der Waals surface area contributed by atoms with Crippen molar-refractivity contribution in [3.8, 4) is 16.9 Å². The molecular formula is C25H24F3N3O5. The van der Waals surface area contributed by atoms with Crippen molar-refractivity contribution in [1.82, 2.24) is 15.4 Å². The highest BCUT2D eigenvalue weighted by molar-refractivity contribution is 5.93. The number of hydroxylamine groups is 1. The lowest BCUT2D eigenvalue weighted by Crippen LogP contribution is -2.42. The fourth-order valence-corrected chi connectivity index (χ4v) is 3.86. The smallest absolute Gasteiger partial charge is 0.411 e. The highest BCUT2D eigenvalue weighted by Gasteiger charge is 2.33. The average Bonchev–Trinajstić information content (AvgIpc) is 2.89. The molecule has 2 atom stereocenters. The van der Waals surface area contributed by atoms with Crippen LogP contribution in [-0.2, 0) is 22.6 Å². The Kier molecular flexibility index (Phi) is 8.14. The van der Waals surface area contributed by atoms with Crippen molar-refractivity contribution in [3.63, 3.8) is 0 Å². The van der Waals surface area contributed by atoms with E-state index in [1.54, 1.807) is 18.3 Å². The molecule has 2 aromatic heterocycles. The molecule has 3 heterocycles. The summed E-state index contributed by atoms with van der Waals surface area (Å²) < 4.78 is 48.9. The Bertz CT molecular complexity index is 1160. The number of hydrogen-bond acceptors (Lipinski definition) is 7. The number of aromatic nitrogens is 2. The van der Waals surface area contributed by atoms with Gasteiger partial charge in [0.25, 0.3) is 5.91 Å². The third-order valence-electron chi connectivity index (χ3n) is 5.65. The van der Waals surface area contributed by atoms with Crippen molar-refractivity contribution in [3.05, 3.63) is 77.9 Å². The number of pyridine rings is 2. The van der Waals surface area contributed by atoms with Gasteiger partial charge in [0.1, 0.15) is 18.5 Å². The first kappa shape index (κ1) is 25.5. The van der Waals surface area contributed by atoms with E-state index in [9.17, 15) is 23.1 Å². The Hall–Kier alpha value is -3.54. The van der Waals surface area contributed by atoms with E-state index in [0.29, 0.717) is 17.9 Å². The van der Waals surface area contributed by atoms with Crippen LogP contribution < -0.4 is 10.2 Å². The van der Waals surface area contributed by atoms with Gasteiger partial charge >= 0.3 is 6.18 Å². The molecule has 3 aromatic rings. The molecule has 0 fully saturated rings. The lowest BCUT2D eigenvalue weighted by molar-refractivity contribution is -0.187. The van der Waals surface area contributed by atoms with Crippen molar-refractivity contribution in [2.45, 2.75) is 25.3 Å². The maximum atomic E-state index is 12.7. The molecule has 0 bridgehead atoms. The molecule has 190 valence electrons. The van der Waals surface area contributed by atoms with Crippen molar-refractivity contribution >= 4 is 5.91 Å². The van der Waals surface area contributed by atoms with E-state index in [0.717, 1.165) is 16.7 Å². The monoisotopic (exact) mass is 503 g/mol. The van der Waals surface area contributed by atoms with Gasteiger partial charge in [0.15, 0.2) is 0 Å². The summed E-state index contributed by atoms with van der Waals surface area (Å²) in [7, 11) is 0. The van der Waals surface area contributed by atoms with Crippen LogP contribution in [0.4, 0.5) is 13.2 Å². The number of amides is 1. The molecule has 0 aliphatic carbocycles. The summed E-state index contributed by atoms with van der Waals surface area (Å²) in [5.74, 6) is -0.369. The van der Waals surface area contributed by atoms with E-state index in [1.165, 1.54) is 18.5 Å². The molecule has 0 radical (unpaired) electrons. The number of aliphatic hydroxyl groups is 1. The summed E-state index contributed by atoms with van der Waals surface area (Å²) in [6.07, 6.45) is -0.540. The molecule has 0 saturated heterocycles. The second-order valence-electron chi connectivity index (χ2n) is 8.21. The van der Waals surface area contributed by atoms with Crippen LogP contribution in [0.3, 0.4) is 0 Å². The number of aliphatic hydroxyl groups excluding tert-OH is 1. The average molecular weight is 503 g/mol. The van der Waals surface area contributed by atoms with Gasteiger partial charge in [-0.25, -0.2) is 5.48 Å². The molecule has 1 amide bonds. The van der Waals surface area contributed by atoms with E-state index in [1.807, 2.05) is 24.3 Å². The van der Waals surface area contributed by atoms with Crippen LogP contribution in [0.15, 0.2) is 61.1 Å². The molecule has 1 unspecified atom stereocenters. The van der Waals surface area contributed by atoms with Gasteiger partial charge in [-0.2, -0.15) is 13.2 Å². The molecule has 1 aliphatic rings. The number of alkyl halides is 3. The zero-order valence-corrected chi connectivity index (χ0v) is 19.1. The molecule has 0 saturated carbocycles. The molecule has 1 aromatic carbocycles. The van der Waals surface area contributed by atoms with Crippen LogP contribution >= 0.6 is 0 Å². The van der Waals surface area contributed by atoms with Gasteiger partial charge in [-0.05, 0) is 36.2 Å². The fraction of sp³-hybridized carbons (Fsp3) is 0.320. The van der Waals surface area contributed by atoms with E-state index in [2.05, 4.69) is 15.4 Å². The van der Waals surface area contributed by atoms with Gasteiger partial charge in [-0.1, -0.05) is 18.2 Å². The van der Waals surface area contributed by atoms with Crippen LogP contribution in [-0.4, -0.2) is 53.1 Å². The number of nitrogens with one attached hydrogen (secondary N) is 1. The van der Waals surface area contributed by atoms with Crippen LogP contribution in [0.25, 0.3) is 11.1 Å². The zero-order chi connectivity index (χ0) is 25.5. The van der Waals surface area contributed by atoms with Crippen molar-refractivity contribution in [2.24, 2.45) is 5.92 Å². The summed E-state index contributed by atoms with van der Waals surface area (Å²) in [5.41, 5.74) is 5.52. The SMILES string of the molecule is O=C(NOC(COCC(F)(F)F)[C@@H]1COc2cccc(-c3ccc(CO)nc3)c2C1)c1cccnc1. The maximum absolute atomic E-state index is 12.7. The van der Waals surface area contributed by atoms with Gasteiger partial charge in [0, 0.05) is 35.6 Å².